The number of carboxylic acid groups (broad SMARTS) is 1. The lowest BCUT2D eigenvalue weighted by Crippen LogP contribution is -2.13. The number of nitrogens with one attached hydrogen (secondary N) is 2. The molecule has 0 aliphatic heterocycles. The van der Waals surface area contributed by atoms with Crippen molar-refractivity contribution in [2.45, 2.75) is 6.92 Å². The molecule has 7 heteroatoms. The Labute approximate surface area is 117 Å². The summed E-state index contributed by atoms with van der Waals surface area (Å²) in [7, 11) is 0. The van der Waals surface area contributed by atoms with E-state index in [0.717, 1.165) is 0 Å². The number of amides is 1. The van der Waals surface area contributed by atoms with E-state index in [1.54, 1.807) is 13.0 Å². The summed E-state index contributed by atoms with van der Waals surface area (Å²) in [6.45, 7) is 1.73. The number of hydrogen-bond donors (Lipinski definition) is 3. The molecule has 0 spiro atoms. The Kier molecular flexibility index (Phi) is 3.66. The second-order valence-corrected chi connectivity index (χ2v) is 4.72. The molecule has 1 aromatic heterocycles. The molecule has 2 aromatic rings. The van der Waals surface area contributed by atoms with E-state index >= 15 is 0 Å². The number of carbonyl (C=O) groups excluding carboxylic acids is 1. The van der Waals surface area contributed by atoms with Gasteiger partial charge in [0.15, 0.2) is 0 Å². The fraction of sp³-hybridized carbons (Fsp3) is 0.0833. The van der Waals surface area contributed by atoms with Gasteiger partial charge in [0.2, 0.25) is 0 Å². The largest absolute Gasteiger partial charge is 0.478 e. The Morgan fingerprint density at radius 2 is 2.16 bits per heavy atom. The molecule has 19 heavy (non-hydrogen) atoms. The average Bonchev–Trinajstić information content (AvgIpc) is 2.78. The van der Waals surface area contributed by atoms with Crippen LogP contribution in [0, 0.1) is 6.92 Å². The van der Waals surface area contributed by atoms with Crippen LogP contribution in [-0.2, 0) is 0 Å². The number of hydrogen-bond acceptors (Lipinski definition) is 3. The van der Waals surface area contributed by atoms with Gasteiger partial charge in [0.05, 0.1) is 23.0 Å². The molecule has 0 aliphatic rings. The van der Waals surface area contributed by atoms with E-state index in [9.17, 15) is 9.59 Å². The van der Waals surface area contributed by atoms with Crippen LogP contribution in [0.25, 0.3) is 0 Å². The van der Waals surface area contributed by atoms with Gasteiger partial charge >= 0.3 is 5.97 Å². The molecule has 0 radical (unpaired) electrons. The van der Waals surface area contributed by atoms with Crippen molar-refractivity contribution in [3.05, 3.63) is 45.7 Å². The van der Waals surface area contributed by atoms with Crippen LogP contribution in [0.3, 0.4) is 0 Å². The summed E-state index contributed by atoms with van der Waals surface area (Å²) >= 11 is 3.26. The summed E-state index contributed by atoms with van der Waals surface area (Å²) in [6.07, 6.45) is 1.42. The fourth-order valence-corrected chi connectivity index (χ4v) is 1.87. The fourth-order valence-electron chi connectivity index (χ4n) is 1.52. The maximum absolute atomic E-state index is 12.0. The molecule has 2 rings (SSSR count). The first-order chi connectivity index (χ1) is 8.99. The van der Waals surface area contributed by atoms with E-state index in [1.165, 1.54) is 18.3 Å². The Balaban J connectivity index is 2.28. The van der Waals surface area contributed by atoms with Gasteiger partial charge in [-0.1, -0.05) is 0 Å². The summed E-state index contributed by atoms with van der Waals surface area (Å²) in [5.74, 6) is -1.41. The molecule has 0 fully saturated rings. The number of H-pyrrole nitrogens is 1. The van der Waals surface area contributed by atoms with Gasteiger partial charge in [0.25, 0.3) is 5.91 Å². The second kappa shape index (κ2) is 5.23. The summed E-state index contributed by atoms with van der Waals surface area (Å²) < 4.78 is 0.604. The van der Waals surface area contributed by atoms with Gasteiger partial charge in [-0.3, -0.25) is 9.89 Å². The number of halogens is 1. The van der Waals surface area contributed by atoms with Crippen molar-refractivity contribution in [2.75, 3.05) is 5.32 Å². The Bertz CT molecular complexity index is 651. The lowest BCUT2D eigenvalue weighted by Gasteiger charge is -2.07. The van der Waals surface area contributed by atoms with Crippen LogP contribution in [0.1, 0.15) is 26.4 Å². The molecule has 0 atom stereocenters. The predicted octanol–water partition coefficient (Wildman–Crippen LogP) is 2.43. The van der Waals surface area contributed by atoms with E-state index in [1.807, 2.05) is 0 Å². The Hall–Kier alpha value is -2.15. The molecule has 98 valence electrons. The highest BCUT2D eigenvalue weighted by atomic mass is 79.9. The standard InChI is InChI=1S/C12H10BrN3O3/c1-6-8(5-14-16-6)11(17)15-10-4-7(12(18)19)2-3-9(10)13/h2-5H,1H3,(H,14,16)(H,15,17)(H,18,19). The molecule has 1 amide bonds. The van der Waals surface area contributed by atoms with Gasteiger partial charge < -0.3 is 10.4 Å². The minimum Gasteiger partial charge on any atom is -0.478 e. The highest BCUT2D eigenvalue weighted by Gasteiger charge is 2.14. The van der Waals surface area contributed by atoms with Crippen LogP contribution in [0.5, 0.6) is 0 Å². The molecule has 3 N–H and O–H groups in total. The lowest BCUT2D eigenvalue weighted by atomic mass is 10.2. The molecular weight excluding hydrogens is 314 g/mol. The molecular formula is C12H10BrN3O3. The SMILES string of the molecule is Cc1[nH]ncc1C(=O)Nc1cc(C(=O)O)ccc1Br. The van der Waals surface area contributed by atoms with E-state index < -0.39 is 5.97 Å². The number of carbonyl (C=O) groups is 2. The van der Waals surface area contributed by atoms with Gasteiger partial charge in [-0.05, 0) is 41.1 Å². The van der Waals surface area contributed by atoms with Crippen LogP contribution < -0.4 is 5.32 Å². The van der Waals surface area contributed by atoms with Crippen molar-refractivity contribution in [2.24, 2.45) is 0 Å². The topological polar surface area (TPSA) is 95.1 Å². The maximum atomic E-state index is 12.0. The Morgan fingerprint density at radius 1 is 1.42 bits per heavy atom. The Morgan fingerprint density at radius 3 is 2.74 bits per heavy atom. The first kappa shape index (κ1) is 13.3. The minimum atomic E-state index is -1.05. The van der Waals surface area contributed by atoms with Crippen LogP contribution in [0.4, 0.5) is 5.69 Å². The maximum Gasteiger partial charge on any atom is 0.335 e. The van der Waals surface area contributed by atoms with E-state index in [0.29, 0.717) is 21.4 Å². The van der Waals surface area contributed by atoms with E-state index in [4.69, 9.17) is 5.11 Å². The molecule has 0 saturated carbocycles. The summed E-state index contributed by atoms with van der Waals surface area (Å²) in [5.41, 5.74) is 1.54. The summed E-state index contributed by atoms with van der Waals surface area (Å²) in [5, 5.41) is 18.0. The number of benzene rings is 1. The molecule has 0 aliphatic carbocycles. The molecule has 0 saturated heterocycles. The van der Waals surface area contributed by atoms with Gasteiger partial charge in [-0.15, -0.1) is 0 Å². The van der Waals surface area contributed by atoms with Crippen LogP contribution >= 0.6 is 15.9 Å². The molecule has 1 aromatic carbocycles. The minimum absolute atomic E-state index is 0.0995. The molecule has 6 nitrogen and oxygen atoms in total. The van der Waals surface area contributed by atoms with Gasteiger partial charge in [0, 0.05) is 10.2 Å². The first-order valence-corrected chi connectivity index (χ1v) is 6.12. The van der Waals surface area contributed by atoms with Gasteiger partial charge in [-0.2, -0.15) is 5.10 Å². The zero-order chi connectivity index (χ0) is 14.0. The monoisotopic (exact) mass is 323 g/mol. The van der Waals surface area contributed by atoms with Crippen molar-refractivity contribution >= 4 is 33.5 Å². The number of nitrogens with zero attached hydrogens (tertiary/aromatic N) is 1. The molecule has 0 unspecified atom stereocenters. The van der Waals surface area contributed by atoms with Crippen molar-refractivity contribution < 1.29 is 14.7 Å². The third-order valence-electron chi connectivity index (χ3n) is 2.54. The normalized spacial score (nSPS) is 10.2. The lowest BCUT2D eigenvalue weighted by molar-refractivity contribution is 0.0696. The van der Waals surface area contributed by atoms with Crippen molar-refractivity contribution in [1.29, 1.82) is 0 Å². The number of carboxylic acids is 1. The highest BCUT2D eigenvalue weighted by Crippen LogP contribution is 2.24. The molecule has 1 heterocycles. The summed E-state index contributed by atoms with van der Waals surface area (Å²) in [6, 6.07) is 4.41. The first-order valence-electron chi connectivity index (χ1n) is 5.33. The quantitative estimate of drug-likeness (QED) is 0.808. The number of aromatic carboxylic acids is 1. The van der Waals surface area contributed by atoms with Crippen LogP contribution in [0.2, 0.25) is 0 Å². The van der Waals surface area contributed by atoms with E-state index in [-0.39, 0.29) is 11.5 Å². The highest BCUT2D eigenvalue weighted by molar-refractivity contribution is 9.10. The van der Waals surface area contributed by atoms with Crippen molar-refractivity contribution in [1.82, 2.24) is 10.2 Å². The zero-order valence-corrected chi connectivity index (χ0v) is 11.5. The molecule has 0 bridgehead atoms. The van der Waals surface area contributed by atoms with Crippen molar-refractivity contribution in [3.8, 4) is 0 Å². The van der Waals surface area contributed by atoms with Crippen LogP contribution in [-0.4, -0.2) is 27.2 Å². The van der Waals surface area contributed by atoms with Gasteiger partial charge in [-0.25, -0.2) is 4.79 Å². The second-order valence-electron chi connectivity index (χ2n) is 3.86. The third kappa shape index (κ3) is 2.82. The van der Waals surface area contributed by atoms with Crippen molar-refractivity contribution in [3.63, 3.8) is 0 Å². The van der Waals surface area contributed by atoms with E-state index in [2.05, 4.69) is 31.4 Å². The smallest absolute Gasteiger partial charge is 0.335 e. The third-order valence-corrected chi connectivity index (χ3v) is 3.23. The average molecular weight is 324 g/mol. The predicted molar refractivity (Wildman–Crippen MR) is 72.4 cm³/mol. The number of rotatable bonds is 3. The number of aryl methyl sites for hydroxylation is 1. The van der Waals surface area contributed by atoms with Crippen LogP contribution in [0.15, 0.2) is 28.9 Å². The zero-order valence-electron chi connectivity index (χ0n) is 9.90. The number of aromatic amines is 1. The number of aromatic nitrogens is 2. The summed E-state index contributed by atoms with van der Waals surface area (Å²) in [4.78, 5) is 22.9. The van der Waals surface area contributed by atoms with Gasteiger partial charge in [0.1, 0.15) is 0 Å². The number of anilines is 1.